The molecular formula is C21H22N4O3. The monoisotopic (exact) mass is 378 g/mol. The predicted octanol–water partition coefficient (Wildman–Crippen LogP) is 2.99. The third-order valence-corrected chi connectivity index (χ3v) is 4.17. The number of hydrogen-bond donors (Lipinski definition) is 2. The van der Waals surface area contributed by atoms with Crippen LogP contribution in [0.4, 0.5) is 5.69 Å². The highest BCUT2D eigenvalue weighted by atomic mass is 16.4. The van der Waals surface area contributed by atoms with Crippen LogP contribution in [0.2, 0.25) is 0 Å². The summed E-state index contributed by atoms with van der Waals surface area (Å²) < 4.78 is 5.57. The van der Waals surface area contributed by atoms with E-state index in [0.717, 1.165) is 23.2 Å². The summed E-state index contributed by atoms with van der Waals surface area (Å²) in [5, 5.41) is 13.4. The van der Waals surface area contributed by atoms with E-state index in [1.165, 1.54) is 0 Å². The summed E-state index contributed by atoms with van der Waals surface area (Å²) in [5.41, 5.74) is 2.64. The van der Waals surface area contributed by atoms with E-state index < -0.39 is 0 Å². The van der Waals surface area contributed by atoms with Crippen LogP contribution in [0.5, 0.6) is 0 Å². The maximum Gasteiger partial charge on any atom is 0.247 e. The third-order valence-electron chi connectivity index (χ3n) is 4.17. The zero-order chi connectivity index (χ0) is 19.8. The fourth-order valence-corrected chi connectivity index (χ4v) is 2.68. The fraction of sp³-hybridized carbons (Fsp3) is 0.238. The number of nitrogens with zero attached hydrogens (tertiary/aromatic N) is 2. The van der Waals surface area contributed by atoms with E-state index in [0.29, 0.717) is 18.2 Å². The number of nitrogens with one attached hydrogen (secondary N) is 2. The fourth-order valence-electron chi connectivity index (χ4n) is 2.68. The van der Waals surface area contributed by atoms with E-state index in [-0.39, 0.29) is 24.8 Å². The molecule has 7 heteroatoms. The summed E-state index contributed by atoms with van der Waals surface area (Å²) in [6.07, 6.45) is 1.29. The van der Waals surface area contributed by atoms with Crippen LogP contribution in [0.3, 0.4) is 0 Å². The van der Waals surface area contributed by atoms with Gasteiger partial charge in [-0.15, -0.1) is 10.2 Å². The first-order chi connectivity index (χ1) is 13.7. The number of benzene rings is 2. The van der Waals surface area contributed by atoms with Crippen molar-refractivity contribution in [1.29, 1.82) is 0 Å². The lowest BCUT2D eigenvalue weighted by Gasteiger charge is -2.10. The van der Waals surface area contributed by atoms with E-state index >= 15 is 0 Å². The number of carbonyl (C=O) groups excluding carboxylic acids is 2. The lowest BCUT2D eigenvalue weighted by molar-refractivity contribution is -0.124. The number of aryl methyl sites for hydroxylation is 2. The standard InChI is InChI=1S/C21H22N4O3/c1-2-15-8-6-7-11-17(15)23-19(27)14-22-18(26)12-13-20-24-25-21(28-20)16-9-4-3-5-10-16/h3-11H,2,12-14H2,1H3,(H,22,26)(H,23,27). The molecule has 2 N–H and O–H groups in total. The van der Waals surface area contributed by atoms with Crippen molar-refractivity contribution < 1.29 is 14.0 Å². The maximum absolute atomic E-state index is 12.1. The van der Waals surface area contributed by atoms with Gasteiger partial charge in [0.1, 0.15) is 0 Å². The summed E-state index contributed by atoms with van der Waals surface area (Å²) in [5.74, 6) is 0.289. The Bertz CT molecular complexity index is 938. The summed E-state index contributed by atoms with van der Waals surface area (Å²) in [6.45, 7) is 1.93. The lowest BCUT2D eigenvalue weighted by Crippen LogP contribution is -2.33. The summed E-state index contributed by atoms with van der Waals surface area (Å²) >= 11 is 0. The molecule has 2 aromatic carbocycles. The molecule has 0 atom stereocenters. The van der Waals surface area contributed by atoms with E-state index in [9.17, 15) is 9.59 Å². The Morgan fingerprint density at radius 2 is 1.71 bits per heavy atom. The van der Waals surface area contributed by atoms with Crippen LogP contribution < -0.4 is 10.6 Å². The lowest BCUT2D eigenvalue weighted by atomic mass is 10.1. The Labute approximate surface area is 163 Å². The van der Waals surface area contributed by atoms with Crippen molar-refractivity contribution in [2.24, 2.45) is 0 Å². The zero-order valence-corrected chi connectivity index (χ0v) is 15.6. The van der Waals surface area contributed by atoms with Gasteiger partial charge in [-0.25, -0.2) is 0 Å². The summed E-state index contributed by atoms with van der Waals surface area (Å²) in [4.78, 5) is 24.0. The van der Waals surface area contributed by atoms with Gasteiger partial charge in [-0.2, -0.15) is 0 Å². The van der Waals surface area contributed by atoms with Crippen LogP contribution in [0.25, 0.3) is 11.5 Å². The number of aromatic nitrogens is 2. The first-order valence-corrected chi connectivity index (χ1v) is 9.18. The van der Waals surface area contributed by atoms with Crippen LogP contribution in [0, 0.1) is 0 Å². The highest BCUT2D eigenvalue weighted by Gasteiger charge is 2.12. The molecule has 144 valence electrons. The predicted molar refractivity (Wildman–Crippen MR) is 106 cm³/mol. The van der Waals surface area contributed by atoms with E-state index in [1.54, 1.807) is 0 Å². The first kappa shape index (κ1) is 19.3. The van der Waals surface area contributed by atoms with E-state index in [2.05, 4.69) is 20.8 Å². The molecule has 0 aliphatic carbocycles. The molecule has 0 saturated carbocycles. The Morgan fingerprint density at radius 1 is 0.964 bits per heavy atom. The van der Waals surface area contributed by atoms with Crippen LogP contribution in [0.1, 0.15) is 24.8 Å². The van der Waals surface area contributed by atoms with Crippen molar-refractivity contribution in [3.05, 3.63) is 66.1 Å². The van der Waals surface area contributed by atoms with Gasteiger partial charge < -0.3 is 15.1 Å². The second-order valence-electron chi connectivity index (χ2n) is 6.20. The Morgan fingerprint density at radius 3 is 2.50 bits per heavy atom. The highest BCUT2D eigenvalue weighted by Crippen LogP contribution is 2.17. The van der Waals surface area contributed by atoms with Crippen LogP contribution in [-0.2, 0) is 22.4 Å². The van der Waals surface area contributed by atoms with Gasteiger partial charge in [-0.05, 0) is 30.2 Å². The Balaban J connectivity index is 1.43. The van der Waals surface area contributed by atoms with Gasteiger partial charge in [-0.1, -0.05) is 43.3 Å². The minimum atomic E-state index is -0.265. The molecule has 2 amide bonds. The number of amides is 2. The van der Waals surface area contributed by atoms with E-state index in [1.807, 2.05) is 61.5 Å². The van der Waals surface area contributed by atoms with Crippen molar-refractivity contribution in [1.82, 2.24) is 15.5 Å². The van der Waals surface area contributed by atoms with Gasteiger partial charge in [0.25, 0.3) is 0 Å². The van der Waals surface area contributed by atoms with Crippen molar-refractivity contribution in [3.63, 3.8) is 0 Å². The molecule has 0 aliphatic heterocycles. The average molecular weight is 378 g/mol. The SMILES string of the molecule is CCc1ccccc1NC(=O)CNC(=O)CCc1nnc(-c2ccccc2)o1. The summed E-state index contributed by atoms with van der Waals surface area (Å²) in [7, 11) is 0. The molecule has 3 rings (SSSR count). The molecule has 0 bridgehead atoms. The number of rotatable bonds is 8. The van der Waals surface area contributed by atoms with Gasteiger partial charge >= 0.3 is 0 Å². The smallest absolute Gasteiger partial charge is 0.247 e. The molecule has 0 unspecified atom stereocenters. The molecule has 7 nitrogen and oxygen atoms in total. The van der Waals surface area contributed by atoms with Crippen molar-refractivity contribution in [2.75, 3.05) is 11.9 Å². The number of anilines is 1. The van der Waals surface area contributed by atoms with Gasteiger partial charge in [0.2, 0.25) is 23.6 Å². The minimum absolute atomic E-state index is 0.0873. The molecular weight excluding hydrogens is 356 g/mol. The zero-order valence-electron chi connectivity index (χ0n) is 15.6. The molecule has 28 heavy (non-hydrogen) atoms. The normalized spacial score (nSPS) is 10.5. The third kappa shape index (κ3) is 5.26. The molecule has 0 saturated heterocycles. The number of para-hydroxylation sites is 1. The second-order valence-corrected chi connectivity index (χ2v) is 6.20. The second kappa shape index (κ2) is 9.45. The molecule has 3 aromatic rings. The van der Waals surface area contributed by atoms with Gasteiger partial charge in [0, 0.05) is 24.1 Å². The van der Waals surface area contributed by atoms with Gasteiger partial charge in [0.15, 0.2) is 0 Å². The van der Waals surface area contributed by atoms with Crippen molar-refractivity contribution in [2.45, 2.75) is 26.2 Å². The largest absolute Gasteiger partial charge is 0.421 e. The molecule has 1 aromatic heterocycles. The molecule has 0 fully saturated rings. The van der Waals surface area contributed by atoms with E-state index in [4.69, 9.17) is 4.42 Å². The molecule has 0 spiro atoms. The summed E-state index contributed by atoms with van der Waals surface area (Å²) in [6, 6.07) is 17.0. The average Bonchev–Trinajstić information content (AvgIpc) is 3.21. The van der Waals surface area contributed by atoms with Crippen LogP contribution in [-0.4, -0.2) is 28.6 Å². The van der Waals surface area contributed by atoms with Crippen molar-refractivity contribution in [3.8, 4) is 11.5 Å². The highest BCUT2D eigenvalue weighted by molar-refractivity contribution is 5.95. The molecule has 0 radical (unpaired) electrons. The van der Waals surface area contributed by atoms with Gasteiger partial charge in [0.05, 0.1) is 6.54 Å². The van der Waals surface area contributed by atoms with Gasteiger partial charge in [-0.3, -0.25) is 9.59 Å². The van der Waals surface area contributed by atoms with Crippen LogP contribution in [0.15, 0.2) is 59.0 Å². The van der Waals surface area contributed by atoms with Crippen molar-refractivity contribution >= 4 is 17.5 Å². The minimum Gasteiger partial charge on any atom is -0.421 e. The van der Waals surface area contributed by atoms with Crippen LogP contribution >= 0.6 is 0 Å². The number of hydrogen-bond acceptors (Lipinski definition) is 5. The topological polar surface area (TPSA) is 97.1 Å². The Hall–Kier alpha value is -3.48. The maximum atomic E-state index is 12.1. The number of carbonyl (C=O) groups is 2. The quantitative estimate of drug-likeness (QED) is 0.628. The Kier molecular flexibility index (Phi) is 6.51. The molecule has 1 heterocycles. The first-order valence-electron chi connectivity index (χ1n) is 9.18. The molecule has 0 aliphatic rings.